The van der Waals surface area contributed by atoms with Crippen molar-refractivity contribution in [3.8, 4) is 0 Å². The maximum absolute atomic E-state index is 12.5. The van der Waals surface area contributed by atoms with Gasteiger partial charge in [-0.2, -0.15) is 0 Å². The molecular formula is C17H15ClO6. The number of esters is 2. The maximum atomic E-state index is 12.5. The van der Waals surface area contributed by atoms with Crippen molar-refractivity contribution in [1.82, 2.24) is 0 Å². The van der Waals surface area contributed by atoms with Crippen molar-refractivity contribution >= 4 is 40.6 Å². The smallest absolute Gasteiger partial charge is 0.345 e. The summed E-state index contributed by atoms with van der Waals surface area (Å²) in [5.41, 5.74) is -0.450. The Balaban J connectivity index is 2.57. The van der Waals surface area contributed by atoms with E-state index >= 15 is 0 Å². The number of rotatable bonds is 5. The number of hydrogen-bond acceptors (Lipinski definition) is 6. The summed E-state index contributed by atoms with van der Waals surface area (Å²) in [6, 6.07) is 4.60. The summed E-state index contributed by atoms with van der Waals surface area (Å²) in [4.78, 5) is 36.4. The van der Waals surface area contributed by atoms with Gasteiger partial charge in [-0.05, 0) is 38.1 Å². The van der Waals surface area contributed by atoms with Crippen LogP contribution in [0, 0.1) is 0 Å². The molecule has 0 saturated carbocycles. The summed E-state index contributed by atoms with van der Waals surface area (Å²) in [6.07, 6.45) is 2.26. The van der Waals surface area contributed by atoms with Crippen molar-refractivity contribution in [2.75, 3.05) is 13.2 Å². The van der Waals surface area contributed by atoms with Crippen molar-refractivity contribution in [3.63, 3.8) is 0 Å². The van der Waals surface area contributed by atoms with Crippen molar-refractivity contribution < 1.29 is 23.5 Å². The minimum atomic E-state index is -0.874. The highest BCUT2D eigenvalue weighted by Gasteiger charge is 2.22. The second-order valence-electron chi connectivity index (χ2n) is 4.66. The van der Waals surface area contributed by atoms with Crippen LogP contribution in [0.4, 0.5) is 0 Å². The van der Waals surface area contributed by atoms with Crippen LogP contribution in [0.5, 0.6) is 0 Å². The Morgan fingerprint density at radius 3 is 2.38 bits per heavy atom. The van der Waals surface area contributed by atoms with Gasteiger partial charge in [-0.3, -0.25) is 4.79 Å². The largest absolute Gasteiger partial charge is 0.463 e. The van der Waals surface area contributed by atoms with Crippen molar-refractivity contribution in [2.45, 2.75) is 13.8 Å². The molecule has 0 aliphatic rings. The summed E-state index contributed by atoms with van der Waals surface area (Å²) in [5.74, 6) is -1.75. The molecule has 1 aromatic carbocycles. The summed E-state index contributed by atoms with van der Waals surface area (Å²) >= 11 is 5.89. The topological polar surface area (TPSA) is 82.8 Å². The predicted octanol–water partition coefficient (Wildman–Crippen LogP) is 2.96. The fourth-order valence-corrected chi connectivity index (χ4v) is 2.16. The molecule has 24 heavy (non-hydrogen) atoms. The molecule has 0 fully saturated rings. The van der Waals surface area contributed by atoms with Gasteiger partial charge in [-0.15, -0.1) is 0 Å². The van der Waals surface area contributed by atoms with E-state index in [0.29, 0.717) is 10.6 Å². The lowest BCUT2D eigenvalue weighted by atomic mass is 10.1. The Kier molecular flexibility index (Phi) is 5.76. The van der Waals surface area contributed by atoms with Crippen LogP contribution in [-0.4, -0.2) is 25.2 Å². The molecule has 0 aliphatic carbocycles. The summed E-state index contributed by atoms with van der Waals surface area (Å²) in [5, 5.41) is 0.607. The van der Waals surface area contributed by atoms with Gasteiger partial charge < -0.3 is 13.9 Å². The molecular weight excluding hydrogens is 336 g/mol. The molecule has 0 aliphatic heterocycles. The first-order valence-electron chi connectivity index (χ1n) is 7.25. The quantitative estimate of drug-likeness (QED) is 0.357. The summed E-state index contributed by atoms with van der Waals surface area (Å²) in [6.45, 7) is 3.37. The van der Waals surface area contributed by atoms with Gasteiger partial charge in [0.1, 0.15) is 17.4 Å². The van der Waals surface area contributed by atoms with Crippen LogP contribution < -0.4 is 5.43 Å². The molecule has 0 atom stereocenters. The van der Waals surface area contributed by atoms with Crippen LogP contribution >= 0.6 is 11.6 Å². The van der Waals surface area contributed by atoms with Gasteiger partial charge in [0.25, 0.3) is 0 Å². The zero-order valence-corrected chi connectivity index (χ0v) is 13.9. The SMILES string of the molecule is CCOC(=O)C(=Cc1coc2ccc(Cl)cc2c1=O)C(=O)OCC. The standard InChI is InChI=1S/C17H15ClO6/c1-3-22-16(20)13(17(21)23-4-2)7-10-9-24-14-6-5-11(18)8-12(14)15(10)19/h5-9H,3-4H2,1-2H3. The number of carbonyl (C=O) groups is 2. The van der Waals surface area contributed by atoms with E-state index in [1.807, 2.05) is 0 Å². The predicted molar refractivity (Wildman–Crippen MR) is 88.7 cm³/mol. The molecule has 126 valence electrons. The number of hydrogen-bond donors (Lipinski definition) is 0. The molecule has 0 N–H and O–H groups in total. The number of benzene rings is 1. The fraction of sp³-hybridized carbons (Fsp3) is 0.235. The molecule has 2 aromatic rings. The molecule has 0 bridgehead atoms. The lowest BCUT2D eigenvalue weighted by molar-refractivity contribution is -0.146. The molecule has 1 aromatic heterocycles. The van der Waals surface area contributed by atoms with E-state index in [4.69, 9.17) is 25.5 Å². The van der Waals surface area contributed by atoms with Gasteiger partial charge in [-0.1, -0.05) is 11.6 Å². The van der Waals surface area contributed by atoms with E-state index < -0.39 is 17.4 Å². The zero-order valence-electron chi connectivity index (χ0n) is 13.1. The Morgan fingerprint density at radius 2 is 1.79 bits per heavy atom. The van der Waals surface area contributed by atoms with E-state index in [2.05, 4.69) is 0 Å². The lowest BCUT2D eigenvalue weighted by Crippen LogP contribution is -2.19. The molecule has 0 amide bonds. The van der Waals surface area contributed by atoms with Gasteiger partial charge in [0, 0.05) is 5.02 Å². The first kappa shape index (κ1) is 17.7. The third-order valence-electron chi connectivity index (χ3n) is 3.05. The first-order valence-corrected chi connectivity index (χ1v) is 7.62. The van der Waals surface area contributed by atoms with Gasteiger partial charge >= 0.3 is 11.9 Å². The Morgan fingerprint density at radius 1 is 1.17 bits per heavy atom. The monoisotopic (exact) mass is 350 g/mol. The molecule has 2 rings (SSSR count). The minimum Gasteiger partial charge on any atom is -0.463 e. The molecule has 7 heteroatoms. The molecule has 0 spiro atoms. The van der Waals surface area contributed by atoms with E-state index in [1.54, 1.807) is 26.0 Å². The third kappa shape index (κ3) is 3.83. The molecule has 6 nitrogen and oxygen atoms in total. The highest BCUT2D eigenvalue weighted by atomic mass is 35.5. The molecule has 1 heterocycles. The van der Waals surface area contributed by atoms with Crippen LogP contribution in [-0.2, 0) is 19.1 Å². The van der Waals surface area contributed by atoms with Crippen LogP contribution in [0.2, 0.25) is 5.02 Å². The van der Waals surface area contributed by atoms with Gasteiger partial charge in [0.2, 0.25) is 0 Å². The second-order valence-corrected chi connectivity index (χ2v) is 5.10. The van der Waals surface area contributed by atoms with Crippen molar-refractivity contribution in [1.29, 1.82) is 0 Å². The second kappa shape index (κ2) is 7.79. The summed E-state index contributed by atoms with van der Waals surface area (Å²) in [7, 11) is 0. The molecule has 0 unspecified atom stereocenters. The average molecular weight is 351 g/mol. The Labute approximate surface area is 142 Å². The summed E-state index contributed by atoms with van der Waals surface area (Å²) < 4.78 is 15.0. The first-order chi connectivity index (χ1) is 11.5. The number of ether oxygens (including phenoxy) is 2. The molecule has 0 saturated heterocycles. The van der Waals surface area contributed by atoms with Crippen LogP contribution in [0.1, 0.15) is 19.4 Å². The average Bonchev–Trinajstić information content (AvgIpc) is 2.55. The Bertz CT molecular complexity index is 845. The van der Waals surface area contributed by atoms with Gasteiger partial charge in [0.05, 0.1) is 24.2 Å². The maximum Gasteiger partial charge on any atom is 0.345 e. The van der Waals surface area contributed by atoms with E-state index in [1.165, 1.54) is 6.07 Å². The molecule has 0 radical (unpaired) electrons. The van der Waals surface area contributed by atoms with Crippen molar-refractivity contribution in [2.24, 2.45) is 0 Å². The lowest BCUT2D eigenvalue weighted by Gasteiger charge is -2.06. The third-order valence-corrected chi connectivity index (χ3v) is 3.29. The van der Waals surface area contributed by atoms with E-state index in [9.17, 15) is 14.4 Å². The number of fused-ring (bicyclic) bond motifs is 1. The highest BCUT2D eigenvalue weighted by molar-refractivity contribution is 6.31. The van der Waals surface area contributed by atoms with E-state index in [0.717, 1.165) is 12.3 Å². The van der Waals surface area contributed by atoms with Crippen LogP contribution in [0.15, 0.2) is 39.2 Å². The number of carbonyl (C=O) groups excluding carboxylic acids is 2. The van der Waals surface area contributed by atoms with Gasteiger partial charge in [0.15, 0.2) is 5.43 Å². The normalized spacial score (nSPS) is 10.3. The van der Waals surface area contributed by atoms with Crippen LogP contribution in [0.25, 0.3) is 17.0 Å². The number of halogens is 1. The van der Waals surface area contributed by atoms with E-state index in [-0.39, 0.29) is 29.7 Å². The minimum absolute atomic E-state index is 0.0147. The van der Waals surface area contributed by atoms with Crippen molar-refractivity contribution in [3.05, 3.63) is 50.8 Å². The van der Waals surface area contributed by atoms with Gasteiger partial charge in [-0.25, -0.2) is 9.59 Å². The van der Waals surface area contributed by atoms with Crippen LogP contribution in [0.3, 0.4) is 0 Å². The Hall–Kier alpha value is -2.60. The fourth-order valence-electron chi connectivity index (χ4n) is 1.99. The zero-order chi connectivity index (χ0) is 17.7. The highest BCUT2D eigenvalue weighted by Crippen LogP contribution is 2.18.